The van der Waals surface area contributed by atoms with E-state index in [1.165, 1.54) is 0 Å². The molecule has 74 valence electrons. The van der Waals surface area contributed by atoms with Crippen LogP contribution < -0.4 is 10.5 Å². The smallest absolute Gasteiger partial charge is 0.298 e. The van der Waals surface area contributed by atoms with Crippen LogP contribution in [0.15, 0.2) is 18.2 Å². The normalized spacial score (nSPS) is 9.50. The van der Waals surface area contributed by atoms with Gasteiger partial charge in [0.1, 0.15) is 5.75 Å². The van der Waals surface area contributed by atoms with Crippen LogP contribution in [0.3, 0.4) is 0 Å². The molecule has 0 bridgehead atoms. The second kappa shape index (κ2) is 4.41. The molecular weight excluding hydrogens is 182 g/mol. The van der Waals surface area contributed by atoms with Gasteiger partial charge in [0, 0.05) is 11.1 Å². The Morgan fingerprint density at radius 1 is 1.57 bits per heavy atom. The first-order valence-corrected chi connectivity index (χ1v) is 4.22. The largest absolute Gasteiger partial charge is 0.428 e. The first kappa shape index (κ1) is 10.2. The van der Waals surface area contributed by atoms with Gasteiger partial charge in [-0.3, -0.25) is 9.59 Å². The molecule has 0 aliphatic rings. The van der Waals surface area contributed by atoms with Gasteiger partial charge in [0.05, 0.1) is 0 Å². The molecule has 0 radical (unpaired) electrons. The highest BCUT2D eigenvalue weighted by Crippen LogP contribution is 2.22. The topological polar surface area (TPSA) is 69.4 Å². The zero-order valence-corrected chi connectivity index (χ0v) is 7.82. The first-order valence-electron chi connectivity index (χ1n) is 4.22. The number of benzene rings is 1. The minimum Gasteiger partial charge on any atom is -0.428 e. The molecule has 1 aromatic rings. The summed E-state index contributed by atoms with van der Waals surface area (Å²) in [6.07, 6.45) is 0.586. The van der Waals surface area contributed by atoms with Crippen molar-refractivity contribution in [2.45, 2.75) is 13.3 Å². The molecule has 0 saturated carbocycles. The van der Waals surface area contributed by atoms with Gasteiger partial charge in [0.25, 0.3) is 6.47 Å². The van der Waals surface area contributed by atoms with Gasteiger partial charge >= 0.3 is 0 Å². The molecule has 14 heavy (non-hydrogen) atoms. The highest BCUT2D eigenvalue weighted by Gasteiger charge is 2.11. The van der Waals surface area contributed by atoms with Crippen LogP contribution in [0.25, 0.3) is 0 Å². The molecule has 0 unspecified atom stereocenters. The number of amides is 1. The number of hydrogen-bond donors (Lipinski definition) is 1. The van der Waals surface area contributed by atoms with Gasteiger partial charge in [-0.15, -0.1) is 0 Å². The number of nitrogens with two attached hydrogens (primary N) is 1. The summed E-state index contributed by atoms with van der Waals surface area (Å²) in [6.45, 7) is 2.19. The molecule has 1 aromatic carbocycles. The van der Waals surface area contributed by atoms with Crippen LogP contribution in [0.4, 0.5) is 0 Å². The van der Waals surface area contributed by atoms with E-state index in [9.17, 15) is 9.59 Å². The molecule has 0 fully saturated rings. The van der Waals surface area contributed by atoms with Crippen molar-refractivity contribution >= 4 is 12.4 Å². The Balaban J connectivity index is 3.24. The van der Waals surface area contributed by atoms with Crippen LogP contribution in [-0.2, 0) is 11.2 Å². The van der Waals surface area contributed by atoms with E-state index < -0.39 is 5.91 Å². The molecule has 4 nitrogen and oxygen atoms in total. The predicted octanol–water partition coefficient (Wildman–Crippen LogP) is 0.883. The molecule has 0 aliphatic carbocycles. The second-order valence-electron chi connectivity index (χ2n) is 2.71. The van der Waals surface area contributed by atoms with Gasteiger partial charge in [0.2, 0.25) is 5.91 Å². The Labute approximate surface area is 81.7 Å². The Kier molecular flexibility index (Phi) is 3.23. The number of carbonyl (C=O) groups excluding carboxylic acids is 2. The minimum absolute atomic E-state index is 0.333. The maximum atomic E-state index is 11.0. The van der Waals surface area contributed by atoms with Crippen molar-refractivity contribution in [3.05, 3.63) is 29.3 Å². The van der Waals surface area contributed by atoms with Crippen LogP contribution in [-0.4, -0.2) is 12.4 Å². The third kappa shape index (κ3) is 1.90. The number of rotatable bonds is 4. The van der Waals surface area contributed by atoms with E-state index in [-0.39, 0.29) is 0 Å². The average Bonchev–Trinajstić information content (AvgIpc) is 2.18. The summed E-state index contributed by atoms with van der Waals surface area (Å²) in [7, 11) is 0. The van der Waals surface area contributed by atoms with Gasteiger partial charge in [0.15, 0.2) is 0 Å². The first-order chi connectivity index (χ1) is 6.70. The molecular formula is C10H11NO3. The molecule has 4 heteroatoms. The van der Waals surface area contributed by atoms with Crippen molar-refractivity contribution in [3.8, 4) is 5.75 Å². The van der Waals surface area contributed by atoms with E-state index in [2.05, 4.69) is 0 Å². The second-order valence-corrected chi connectivity index (χ2v) is 2.71. The van der Waals surface area contributed by atoms with E-state index in [0.29, 0.717) is 29.8 Å². The van der Waals surface area contributed by atoms with Crippen molar-refractivity contribution in [3.63, 3.8) is 0 Å². The average molecular weight is 193 g/mol. The number of ether oxygens (including phenoxy) is 1. The third-order valence-corrected chi connectivity index (χ3v) is 1.93. The highest BCUT2D eigenvalue weighted by atomic mass is 16.5. The van der Waals surface area contributed by atoms with Crippen LogP contribution in [0.2, 0.25) is 0 Å². The molecule has 1 rings (SSSR count). The van der Waals surface area contributed by atoms with Crippen LogP contribution in [0.5, 0.6) is 5.75 Å². The molecule has 0 spiro atoms. The molecule has 0 atom stereocenters. The molecule has 0 aliphatic heterocycles. The standard InChI is InChI=1S/C10H11NO3/c1-2-7-8(10(11)13)4-3-5-9(7)14-6-12/h3-6H,2H2,1H3,(H2,11,13). The lowest BCUT2D eigenvalue weighted by Crippen LogP contribution is -2.14. The Morgan fingerprint density at radius 3 is 2.79 bits per heavy atom. The zero-order valence-electron chi connectivity index (χ0n) is 7.82. The fraction of sp³-hybridized carbons (Fsp3) is 0.200. The Hall–Kier alpha value is -1.84. The van der Waals surface area contributed by atoms with E-state index in [1.807, 2.05) is 6.92 Å². The fourth-order valence-electron chi connectivity index (χ4n) is 1.32. The highest BCUT2D eigenvalue weighted by molar-refractivity contribution is 5.95. The molecule has 2 N–H and O–H groups in total. The summed E-state index contributed by atoms with van der Waals surface area (Å²) in [5, 5.41) is 0. The zero-order chi connectivity index (χ0) is 10.6. The monoisotopic (exact) mass is 193 g/mol. The fourth-order valence-corrected chi connectivity index (χ4v) is 1.32. The summed E-state index contributed by atoms with van der Waals surface area (Å²) >= 11 is 0. The minimum atomic E-state index is -0.516. The maximum Gasteiger partial charge on any atom is 0.298 e. The van der Waals surface area contributed by atoms with Crippen LogP contribution in [0.1, 0.15) is 22.8 Å². The Bertz CT molecular complexity index is 360. The summed E-state index contributed by atoms with van der Waals surface area (Å²) < 4.78 is 4.73. The van der Waals surface area contributed by atoms with Crippen molar-refractivity contribution < 1.29 is 14.3 Å². The molecule has 0 aromatic heterocycles. The van der Waals surface area contributed by atoms with Gasteiger partial charge < -0.3 is 10.5 Å². The number of carbonyl (C=O) groups is 2. The van der Waals surface area contributed by atoms with Crippen molar-refractivity contribution in [1.29, 1.82) is 0 Å². The van der Waals surface area contributed by atoms with Gasteiger partial charge in [-0.05, 0) is 18.6 Å². The lowest BCUT2D eigenvalue weighted by atomic mass is 10.0. The van der Waals surface area contributed by atoms with Crippen LogP contribution >= 0.6 is 0 Å². The molecule has 0 saturated heterocycles. The van der Waals surface area contributed by atoms with E-state index in [4.69, 9.17) is 10.5 Å². The van der Waals surface area contributed by atoms with E-state index in [0.717, 1.165) is 0 Å². The summed E-state index contributed by atoms with van der Waals surface area (Å²) in [4.78, 5) is 21.2. The summed E-state index contributed by atoms with van der Waals surface area (Å²) in [6, 6.07) is 4.86. The summed E-state index contributed by atoms with van der Waals surface area (Å²) in [5.74, 6) is -0.128. The van der Waals surface area contributed by atoms with Gasteiger partial charge in [-0.1, -0.05) is 13.0 Å². The summed E-state index contributed by atoms with van der Waals surface area (Å²) in [5.41, 5.74) is 6.23. The quantitative estimate of drug-likeness (QED) is 0.722. The third-order valence-electron chi connectivity index (χ3n) is 1.93. The Morgan fingerprint density at radius 2 is 2.29 bits per heavy atom. The lowest BCUT2D eigenvalue weighted by Gasteiger charge is -2.08. The maximum absolute atomic E-state index is 11.0. The van der Waals surface area contributed by atoms with E-state index in [1.54, 1.807) is 18.2 Å². The van der Waals surface area contributed by atoms with Crippen molar-refractivity contribution in [1.82, 2.24) is 0 Å². The van der Waals surface area contributed by atoms with Gasteiger partial charge in [-0.25, -0.2) is 0 Å². The predicted molar refractivity (Wildman–Crippen MR) is 51.0 cm³/mol. The lowest BCUT2D eigenvalue weighted by molar-refractivity contribution is -0.120. The number of primary amides is 1. The molecule has 0 heterocycles. The SMILES string of the molecule is CCc1c(OC=O)cccc1C(N)=O. The van der Waals surface area contributed by atoms with Crippen molar-refractivity contribution in [2.24, 2.45) is 5.73 Å². The number of hydrogen-bond acceptors (Lipinski definition) is 3. The van der Waals surface area contributed by atoms with Crippen LogP contribution in [0, 0.1) is 0 Å². The van der Waals surface area contributed by atoms with Gasteiger partial charge in [-0.2, -0.15) is 0 Å². The molecule has 1 amide bonds. The van der Waals surface area contributed by atoms with Crippen molar-refractivity contribution in [2.75, 3.05) is 0 Å². The van der Waals surface area contributed by atoms with E-state index >= 15 is 0 Å².